The highest BCUT2D eigenvalue weighted by molar-refractivity contribution is 5.64. The van der Waals surface area contributed by atoms with Crippen molar-refractivity contribution < 1.29 is 4.74 Å². The lowest BCUT2D eigenvalue weighted by molar-refractivity contribution is 0.485. The van der Waals surface area contributed by atoms with E-state index in [1.165, 1.54) is 0 Å². The van der Waals surface area contributed by atoms with Gasteiger partial charge in [-0.1, -0.05) is 60.7 Å². The Morgan fingerprint density at radius 2 is 1.50 bits per heavy atom. The predicted molar refractivity (Wildman–Crippen MR) is 110 cm³/mol. The fourth-order valence-electron chi connectivity index (χ4n) is 2.63. The van der Waals surface area contributed by atoms with Crippen LogP contribution in [0.3, 0.4) is 0 Å². The van der Waals surface area contributed by atoms with Crippen LogP contribution in [0.4, 0.5) is 17.5 Å². The highest BCUT2D eigenvalue weighted by Crippen LogP contribution is 2.30. The smallest absolute Gasteiger partial charge is 0.244 e. The highest BCUT2D eigenvalue weighted by atomic mass is 16.5. The molecule has 1 heterocycles. The number of hydrogen-bond donors (Lipinski definition) is 2. The monoisotopic (exact) mass is 369 g/mol. The first-order valence-corrected chi connectivity index (χ1v) is 8.93. The molecule has 0 aliphatic carbocycles. The molecule has 0 atom stereocenters. The van der Waals surface area contributed by atoms with Gasteiger partial charge in [0.2, 0.25) is 5.95 Å². The van der Waals surface area contributed by atoms with Gasteiger partial charge >= 0.3 is 0 Å². The minimum Gasteiger partial charge on any atom is -0.455 e. The molecule has 0 aliphatic heterocycles. The molecule has 0 amide bonds. The summed E-state index contributed by atoms with van der Waals surface area (Å²) in [6.45, 7) is 0.625. The minimum atomic E-state index is 0.454. The first kappa shape index (κ1) is 17.5. The van der Waals surface area contributed by atoms with E-state index in [1.807, 2.05) is 84.9 Å². The van der Waals surface area contributed by atoms with Gasteiger partial charge in [0, 0.05) is 6.54 Å². The zero-order valence-electron chi connectivity index (χ0n) is 15.1. The van der Waals surface area contributed by atoms with Gasteiger partial charge in [0.05, 0.1) is 11.9 Å². The third-order valence-corrected chi connectivity index (χ3v) is 3.97. The van der Waals surface area contributed by atoms with Crippen LogP contribution in [0.15, 0.2) is 91.1 Å². The molecule has 2 N–H and O–H groups in total. The van der Waals surface area contributed by atoms with Crippen molar-refractivity contribution in [2.75, 3.05) is 10.6 Å². The second-order valence-corrected chi connectivity index (χ2v) is 6.04. The first-order valence-electron chi connectivity index (χ1n) is 8.93. The number of ether oxygens (including phenoxy) is 1. The van der Waals surface area contributed by atoms with E-state index < -0.39 is 0 Å². The van der Waals surface area contributed by atoms with Gasteiger partial charge in [-0.05, 0) is 29.8 Å². The normalized spacial score (nSPS) is 10.3. The maximum atomic E-state index is 5.98. The number of aromatic nitrogens is 3. The van der Waals surface area contributed by atoms with Gasteiger partial charge in [-0.3, -0.25) is 0 Å². The van der Waals surface area contributed by atoms with Crippen LogP contribution in [-0.2, 0) is 6.54 Å². The fourth-order valence-corrected chi connectivity index (χ4v) is 2.63. The van der Waals surface area contributed by atoms with Crippen molar-refractivity contribution in [2.45, 2.75) is 6.54 Å². The molecular weight excluding hydrogens is 350 g/mol. The van der Waals surface area contributed by atoms with E-state index in [0.717, 1.165) is 17.0 Å². The molecule has 0 bridgehead atoms. The topological polar surface area (TPSA) is 72.0 Å². The third kappa shape index (κ3) is 4.62. The van der Waals surface area contributed by atoms with E-state index in [1.54, 1.807) is 6.20 Å². The van der Waals surface area contributed by atoms with Crippen molar-refractivity contribution >= 4 is 17.5 Å². The molecule has 6 heteroatoms. The van der Waals surface area contributed by atoms with Crippen LogP contribution in [0.1, 0.15) is 5.56 Å². The van der Waals surface area contributed by atoms with Crippen molar-refractivity contribution in [3.63, 3.8) is 0 Å². The summed E-state index contributed by atoms with van der Waals surface area (Å²) in [7, 11) is 0. The van der Waals surface area contributed by atoms with Crippen LogP contribution in [0.25, 0.3) is 0 Å². The summed E-state index contributed by atoms with van der Waals surface area (Å²) in [4.78, 5) is 4.48. The maximum absolute atomic E-state index is 5.98. The van der Waals surface area contributed by atoms with Crippen LogP contribution < -0.4 is 15.4 Å². The number of hydrogen-bond acceptors (Lipinski definition) is 6. The van der Waals surface area contributed by atoms with Crippen molar-refractivity contribution in [1.29, 1.82) is 0 Å². The van der Waals surface area contributed by atoms with Crippen molar-refractivity contribution in [3.05, 3.63) is 96.7 Å². The summed E-state index contributed by atoms with van der Waals surface area (Å²) in [5.74, 6) is 2.50. The summed E-state index contributed by atoms with van der Waals surface area (Å²) < 4.78 is 5.98. The summed E-state index contributed by atoms with van der Waals surface area (Å²) in [6.07, 6.45) is 1.58. The molecule has 0 spiro atoms. The Bertz CT molecular complexity index is 1030. The average molecular weight is 369 g/mol. The van der Waals surface area contributed by atoms with Gasteiger partial charge in [0.25, 0.3) is 0 Å². The SMILES string of the molecule is c1ccc(CNc2nncc(Nc3ccccc3Oc3ccccc3)n2)cc1. The van der Waals surface area contributed by atoms with E-state index in [4.69, 9.17) is 4.74 Å². The molecule has 138 valence electrons. The number of benzene rings is 3. The maximum Gasteiger partial charge on any atom is 0.244 e. The molecule has 0 saturated carbocycles. The molecule has 3 aromatic carbocycles. The van der Waals surface area contributed by atoms with Crippen LogP contribution in [-0.4, -0.2) is 15.2 Å². The Labute approximate surface area is 163 Å². The summed E-state index contributed by atoms with van der Waals surface area (Å²) in [5, 5.41) is 14.5. The van der Waals surface area contributed by atoms with Crippen molar-refractivity contribution in [1.82, 2.24) is 15.2 Å². The summed E-state index contributed by atoms with van der Waals surface area (Å²) >= 11 is 0. The van der Waals surface area contributed by atoms with Crippen molar-refractivity contribution in [2.24, 2.45) is 0 Å². The first-order chi connectivity index (χ1) is 13.9. The van der Waals surface area contributed by atoms with Crippen LogP contribution >= 0.6 is 0 Å². The van der Waals surface area contributed by atoms with Crippen molar-refractivity contribution in [3.8, 4) is 11.5 Å². The molecule has 1 aromatic heterocycles. The van der Waals surface area contributed by atoms with Gasteiger partial charge in [0.15, 0.2) is 11.6 Å². The minimum absolute atomic E-state index is 0.454. The molecule has 6 nitrogen and oxygen atoms in total. The third-order valence-electron chi connectivity index (χ3n) is 3.97. The van der Waals surface area contributed by atoms with Gasteiger partial charge in [-0.2, -0.15) is 10.1 Å². The quantitative estimate of drug-likeness (QED) is 0.477. The molecule has 0 unspecified atom stereocenters. The van der Waals surface area contributed by atoms with Crippen LogP contribution in [0.5, 0.6) is 11.5 Å². The zero-order chi connectivity index (χ0) is 19.0. The van der Waals surface area contributed by atoms with E-state index in [-0.39, 0.29) is 0 Å². The largest absolute Gasteiger partial charge is 0.455 e. The zero-order valence-corrected chi connectivity index (χ0v) is 15.1. The van der Waals surface area contributed by atoms with E-state index >= 15 is 0 Å². The Hall–Kier alpha value is -3.93. The lowest BCUT2D eigenvalue weighted by Crippen LogP contribution is -2.06. The Morgan fingerprint density at radius 3 is 2.32 bits per heavy atom. The van der Waals surface area contributed by atoms with Gasteiger partial charge in [0.1, 0.15) is 5.75 Å². The summed E-state index contributed by atoms with van der Waals surface area (Å²) in [6, 6.07) is 27.4. The fraction of sp³-hybridized carbons (Fsp3) is 0.0455. The number of rotatable bonds is 7. The molecule has 4 aromatic rings. The molecule has 28 heavy (non-hydrogen) atoms. The van der Waals surface area contributed by atoms with Crippen LogP contribution in [0, 0.1) is 0 Å². The molecule has 4 rings (SSSR count). The van der Waals surface area contributed by atoms with Gasteiger partial charge in [-0.25, -0.2) is 0 Å². The van der Waals surface area contributed by atoms with E-state index in [0.29, 0.717) is 24.1 Å². The summed E-state index contributed by atoms with van der Waals surface area (Å²) in [5.41, 5.74) is 1.94. The second-order valence-electron chi connectivity index (χ2n) is 6.04. The molecule has 0 saturated heterocycles. The highest BCUT2D eigenvalue weighted by Gasteiger charge is 2.07. The second kappa shape index (κ2) is 8.64. The number of anilines is 3. The standard InChI is InChI=1S/C22H19N5O/c1-3-9-17(10-4-1)15-23-22-26-21(16-24-27-22)25-19-13-7-8-14-20(19)28-18-11-5-2-6-12-18/h1-14,16H,15H2,(H2,23,25,26,27). The Morgan fingerprint density at radius 1 is 0.786 bits per heavy atom. The van der Waals surface area contributed by atoms with E-state index in [2.05, 4.69) is 25.8 Å². The van der Waals surface area contributed by atoms with Crippen LogP contribution in [0.2, 0.25) is 0 Å². The lowest BCUT2D eigenvalue weighted by Gasteiger charge is -2.12. The number of nitrogens with one attached hydrogen (secondary N) is 2. The molecule has 0 radical (unpaired) electrons. The average Bonchev–Trinajstić information content (AvgIpc) is 2.75. The molecule has 0 fully saturated rings. The molecular formula is C22H19N5O. The van der Waals surface area contributed by atoms with E-state index in [9.17, 15) is 0 Å². The Balaban J connectivity index is 1.47. The lowest BCUT2D eigenvalue weighted by atomic mass is 10.2. The van der Waals surface area contributed by atoms with Gasteiger partial charge < -0.3 is 15.4 Å². The Kier molecular flexibility index (Phi) is 5.39. The molecule has 0 aliphatic rings. The number of para-hydroxylation sites is 3. The predicted octanol–water partition coefficient (Wildman–Crippen LogP) is 5.02. The number of nitrogens with zero attached hydrogens (tertiary/aromatic N) is 3. The van der Waals surface area contributed by atoms with Gasteiger partial charge in [-0.15, -0.1) is 5.10 Å².